The van der Waals surface area contributed by atoms with Crippen molar-refractivity contribution in [3.8, 4) is 0 Å². The van der Waals surface area contributed by atoms with Gasteiger partial charge in [-0.25, -0.2) is 4.68 Å². The van der Waals surface area contributed by atoms with Gasteiger partial charge in [-0.1, -0.05) is 0 Å². The van der Waals surface area contributed by atoms with Gasteiger partial charge in [-0.2, -0.15) is 5.10 Å². The molecular formula is C18H33N5O2. The second-order valence-electron chi connectivity index (χ2n) is 7.00. The van der Waals surface area contributed by atoms with E-state index in [0.717, 1.165) is 58.0 Å². The first-order valence-corrected chi connectivity index (χ1v) is 9.32. The predicted molar refractivity (Wildman–Crippen MR) is 99.8 cm³/mol. The number of carbonyl (C=O) groups excluding carboxylic acids is 1. The molecule has 2 heterocycles. The molecule has 7 heteroatoms. The average molecular weight is 351 g/mol. The van der Waals surface area contributed by atoms with Gasteiger partial charge in [0.2, 0.25) is 5.91 Å². The molecule has 0 saturated carbocycles. The van der Waals surface area contributed by atoms with Crippen LogP contribution in [0.4, 0.5) is 5.82 Å². The lowest BCUT2D eigenvalue weighted by Gasteiger charge is -2.27. The molecule has 0 bridgehead atoms. The highest BCUT2D eigenvalue weighted by atomic mass is 16.5. The molecule has 0 aliphatic carbocycles. The zero-order chi connectivity index (χ0) is 18.2. The van der Waals surface area contributed by atoms with Gasteiger partial charge in [0.25, 0.3) is 0 Å². The Hall–Kier alpha value is -1.44. The fraction of sp³-hybridized carbons (Fsp3) is 0.778. The van der Waals surface area contributed by atoms with Crippen LogP contribution in [0.15, 0.2) is 12.3 Å². The third-order valence-electron chi connectivity index (χ3n) is 4.78. The van der Waals surface area contributed by atoms with Crippen LogP contribution in [0.3, 0.4) is 0 Å². The Labute approximate surface area is 151 Å². The van der Waals surface area contributed by atoms with Crippen molar-refractivity contribution < 1.29 is 9.53 Å². The number of carbonyl (C=O) groups is 1. The summed E-state index contributed by atoms with van der Waals surface area (Å²) in [5.74, 6) is 0.804. The van der Waals surface area contributed by atoms with Gasteiger partial charge in [0.15, 0.2) is 0 Å². The van der Waals surface area contributed by atoms with Gasteiger partial charge in [-0.15, -0.1) is 0 Å². The number of rotatable bonds is 8. The summed E-state index contributed by atoms with van der Waals surface area (Å²) in [6, 6.07) is 1.93. The lowest BCUT2D eigenvalue weighted by Crippen LogP contribution is -2.44. The number of ether oxygens (including phenoxy) is 1. The first kappa shape index (κ1) is 19.9. The minimum absolute atomic E-state index is 0.0373. The lowest BCUT2D eigenvalue weighted by atomic mass is 10.2. The zero-order valence-electron chi connectivity index (χ0n) is 16.1. The molecule has 1 saturated heterocycles. The predicted octanol–water partition coefficient (Wildman–Crippen LogP) is 1.84. The number of anilines is 1. The molecule has 142 valence electrons. The summed E-state index contributed by atoms with van der Waals surface area (Å²) in [5.41, 5.74) is 0. The first-order valence-electron chi connectivity index (χ1n) is 9.32. The quantitative estimate of drug-likeness (QED) is 0.724. The topological polar surface area (TPSA) is 62.6 Å². The molecule has 1 aliphatic rings. The molecule has 1 aromatic heterocycles. The van der Waals surface area contributed by atoms with E-state index in [1.807, 2.05) is 17.7 Å². The fourth-order valence-electron chi connectivity index (χ4n) is 3.26. The average Bonchev–Trinajstić information content (AvgIpc) is 2.92. The molecule has 1 amide bonds. The molecule has 0 radical (unpaired) electrons. The van der Waals surface area contributed by atoms with Crippen molar-refractivity contribution in [2.24, 2.45) is 0 Å². The molecule has 7 nitrogen and oxygen atoms in total. The van der Waals surface area contributed by atoms with Crippen LogP contribution in [-0.4, -0.2) is 78.0 Å². The highest BCUT2D eigenvalue weighted by molar-refractivity contribution is 5.93. The van der Waals surface area contributed by atoms with Gasteiger partial charge in [-0.3, -0.25) is 9.69 Å². The standard InChI is InChI=1S/C18H33N5O2/c1-15(2)23-17(7-8-19-23)20-18(24)16(3)22-11-5-9-21(12-13-22)10-6-14-25-4/h7-8,15-16H,5-6,9-14H2,1-4H3,(H,20,24)/t16-/m1/s1. The number of nitrogens with one attached hydrogen (secondary N) is 1. The summed E-state index contributed by atoms with van der Waals surface area (Å²) in [4.78, 5) is 17.4. The summed E-state index contributed by atoms with van der Waals surface area (Å²) in [6.07, 6.45) is 3.88. The van der Waals surface area contributed by atoms with Crippen LogP contribution in [0.1, 0.15) is 39.7 Å². The van der Waals surface area contributed by atoms with Gasteiger partial charge in [0.05, 0.1) is 12.2 Å². The zero-order valence-corrected chi connectivity index (χ0v) is 16.1. The number of methoxy groups -OCH3 is 1. The van der Waals surface area contributed by atoms with E-state index in [-0.39, 0.29) is 18.0 Å². The Bertz CT molecular complexity index is 531. The maximum absolute atomic E-state index is 12.7. The second-order valence-corrected chi connectivity index (χ2v) is 7.00. The van der Waals surface area contributed by atoms with E-state index in [4.69, 9.17) is 4.74 Å². The molecule has 1 aromatic rings. The Morgan fingerprint density at radius 1 is 1.28 bits per heavy atom. The molecule has 0 unspecified atom stereocenters. The van der Waals surface area contributed by atoms with Crippen molar-refractivity contribution in [2.75, 3.05) is 51.8 Å². The van der Waals surface area contributed by atoms with Crippen molar-refractivity contribution in [1.82, 2.24) is 19.6 Å². The Morgan fingerprint density at radius 3 is 2.80 bits per heavy atom. The SMILES string of the molecule is COCCCN1CCCN([C@H](C)C(=O)Nc2ccnn2C(C)C)CC1. The van der Waals surface area contributed by atoms with Gasteiger partial charge in [-0.05, 0) is 40.2 Å². The maximum atomic E-state index is 12.7. The van der Waals surface area contributed by atoms with Crippen LogP contribution in [0, 0.1) is 0 Å². The summed E-state index contributed by atoms with van der Waals surface area (Å²) < 4.78 is 6.97. The monoisotopic (exact) mass is 351 g/mol. The molecule has 2 rings (SSSR count). The van der Waals surface area contributed by atoms with Crippen LogP contribution < -0.4 is 5.32 Å². The van der Waals surface area contributed by atoms with E-state index in [1.54, 1.807) is 13.3 Å². The number of hydrogen-bond donors (Lipinski definition) is 1. The van der Waals surface area contributed by atoms with Crippen LogP contribution in [0.25, 0.3) is 0 Å². The van der Waals surface area contributed by atoms with E-state index in [0.29, 0.717) is 0 Å². The highest BCUT2D eigenvalue weighted by Crippen LogP contribution is 2.15. The van der Waals surface area contributed by atoms with Crippen LogP contribution in [-0.2, 0) is 9.53 Å². The Kier molecular flexibility index (Phi) is 7.87. The summed E-state index contributed by atoms with van der Waals surface area (Å²) >= 11 is 0. The van der Waals surface area contributed by atoms with Crippen LogP contribution in [0.5, 0.6) is 0 Å². The van der Waals surface area contributed by atoms with Crippen molar-refractivity contribution in [2.45, 2.75) is 45.7 Å². The number of amides is 1. The second kappa shape index (κ2) is 9.89. The van der Waals surface area contributed by atoms with E-state index < -0.39 is 0 Å². The third kappa shape index (κ3) is 5.80. The van der Waals surface area contributed by atoms with E-state index >= 15 is 0 Å². The summed E-state index contributed by atoms with van der Waals surface area (Å²) in [5, 5.41) is 7.30. The molecule has 0 aromatic carbocycles. The largest absolute Gasteiger partial charge is 0.385 e. The third-order valence-corrected chi connectivity index (χ3v) is 4.78. The van der Waals surface area contributed by atoms with Gasteiger partial charge in [0, 0.05) is 52.0 Å². The molecular weight excluding hydrogens is 318 g/mol. The Morgan fingerprint density at radius 2 is 2.08 bits per heavy atom. The summed E-state index contributed by atoms with van der Waals surface area (Å²) in [7, 11) is 1.75. The number of nitrogens with zero attached hydrogens (tertiary/aromatic N) is 4. The first-order chi connectivity index (χ1) is 12.0. The normalized spacial score (nSPS) is 18.3. The molecule has 1 N–H and O–H groups in total. The lowest BCUT2D eigenvalue weighted by molar-refractivity contribution is -0.120. The van der Waals surface area contributed by atoms with E-state index in [1.165, 1.54) is 0 Å². The molecule has 1 atom stereocenters. The maximum Gasteiger partial charge on any atom is 0.242 e. The minimum atomic E-state index is -0.144. The highest BCUT2D eigenvalue weighted by Gasteiger charge is 2.24. The van der Waals surface area contributed by atoms with Gasteiger partial charge < -0.3 is 15.0 Å². The van der Waals surface area contributed by atoms with Crippen LogP contribution in [0.2, 0.25) is 0 Å². The number of aromatic nitrogens is 2. The van der Waals surface area contributed by atoms with Crippen molar-refractivity contribution in [3.63, 3.8) is 0 Å². The van der Waals surface area contributed by atoms with Gasteiger partial charge in [0.1, 0.15) is 5.82 Å². The van der Waals surface area contributed by atoms with Crippen molar-refractivity contribution in [1.29, 1.82) is 0 Å². The summed E-state index contributed by atoms with van der Waals surface area (Å²) in [6.45, 7) is 12.0. The van der Waals surface area contributed by atoms with Crippen molar-refractivity contribution >= 4 is 11.7 Å². The molecule has 1 aliphatic heterocycles. The smallest absolute Gasteiger partial charge is 0.242 e. The minimum Gasteiger partial charge on any atom is -0.385 e. The van der Waals surface area contributed by atoms with Crippen molar-refractivity contribution in [3.05, 3.63) is 12.3 Å². The van der Waals surface area contributed by atoms with E-state index in [9.17, 15) is 4.79 Å². The molecule has 1 fully saturated rings. The fourth-order valence-corrected chi connectivity index (χ4v) is 3.26. The Balaban J connectivity index is 1.86. The molecule has 0 spiro atoms. The molecule has 25 heavy (non-hydrogen) atoms. The van der Waals surface area contributed by atoms with Gasteiger partial charge >= 0.3 is 0 Å². The van der Waals surface area contributed by atoms with Crippen LogP contribution >= 0.6 is 0 Å². The number of hydrogen-bond acceptors (Lipinski definition) is 5. The van der Waals surface area contributed by atoms with E-state index in [2.05, 4.69) is 34.1 Å².